The predicted octanol–water partition coefficient (Wildman–Crippen LogP) is 0.968. The fourth-order valence-corrected chi connectivity index (χ4v) is 4.20. The Kier molecular flexibility index (Phi) is 2.98. The highest BCUT2D eigenvalue weighted by Gasteiger charge is 2.29. The number of rotatable bonds is 3. The molecule has 1 unspecified atom stereocenters. The molecule has 4 rings (SSSR count). The van der Waals surface area contributed by atoms with Gasteiger partial charge in [0, 0.05) is 24.3 Å². The number of aromatic amines is 1. The van der Waals surface area contributed by atoms with Gasteiger partial charge in [0.2, 0.25) is 10.0 Å². The molecular weight excluding hydrogens is 304 g/mol. The summed E-state index contributed by atoms with van der Waals surface area (Å²) in [5.41, 5.74) is 0.551. The first-order valence-corrected chi connectivity index (χ1v) is 8.45. The van der Waals surface area contributed by atoms with Gasteiger partial charge in [0.25, 0.3) is 0 Å². The molecule has 8 nitrogen and oxygen atoms in total. The molecule has 1 aliphatic heterocycles. The maximum absolute atomic E-state index is 12.7. The first-order chi connectivity index (χ1) is 10.6. The molecular formula is C13H14N6O2S. The zero-order valence-electron chi connectivity index (χ0n) is 11.6. The largest absolute Gasteiger partial charge is 0.345 e. The van der Waals surface area contributed by atoms with E-state index in [1.165, 1.54) is 12.5 Å². The Labute approximate surface area is 126 Å². The average molecular weight is 318 g/mol. The van der Waals surface area contributed by atoms with Crippen LogP contribution in [-0.4, -0.2) is 33.2 Å². The summed E-state index contributed by atoms with van der Waals surface area (Å²) in [6.07, 6.45) is 6.11. The number of sulfonamides is 1. The van der Waals surface area contributed by atoms with E-state index >= 15 is 0 Å². The van der Waals surface area contributed by atoms with E-state index in [-0.39, 0.29) is 10.9 Å². The molecule has 0 aromatic carbocycles. The molecule has 0 fully saturated rings. The minimum Gasteiger partial charge on any atom is -0.345 e. The van der Waals surface area contributed by atoms with Crippen LogP contribution in [-0.2, 0) is 16.6 Å². The van der Waals surface area contributed by atoms with Crippen LogP contribution in [0.1, 0.15) is 24.7 Å². The van der Waals surface area contributed by atoms with Crippen molar-refractivity contribution in [3.05, 3.63) is 36.7 Å². The Bertz CT molecular complexity index is 929. The minimum absolute atomic E-state index is 0.201. The molecule has 0 saturated heterocycles. The zero-order chi connectivity index (χ0) is 15.2. The van der Waals surface area contributed by atoms with E-state index in [2.05, 4.69) is 24.8 Å². The molecule has 3 aromatic heterocycles. The highest BCUT2D eigenvalue weighted by Crippen LogP contribution is 2.26. The fraction of sp³-hybridized carbons (Fsp3) is 0.308. The van der Waals surface area contributed by atoms with Crippen LogP contribution in [0.3, 0.4) is 0 Å². The second-order valence-electron chi connectivity index (χ2n) is 5.21. The Morgan fingerprint density at radius 3 is 3.18 bits per heavy atom. The van der Waals surface area contributed by atoms with Crippen LogP contribution in [0.25, 0.3) is 11.0 Å². The Hall–Kier alpha value is -2.26. The van der Waals surface area contributed by atoms with Crippen LogP contribution in [0.5, 0.6) is 0 Å². The predicted molar refractivity (Wildman–Crippen MR) is 78.4 cm³/mol. The summed E-state index contributed by atoms with van der Waals surface area (Å²) in [7, 11) is -3.67. The minimum atomic E-state index is -3.67. The molecule has 22 heavy (non-hydrogen) atoms. The van der Waals surface area contributed by atoms with Crippen LogP contribution in [0.4, 0.5) is 0 Å². The SMILES string of the molecule is O=S(=O)(NC1CCCn2ncnc21)c1c[nH]c2ncccc12. The van der Waals surface area contributed by atoms with E-state index in [0.29, 0.717) is 23.3 Å². The van der Waals surface area contributed by atoms with E-state index in [1.807, 2.05) is 0 Å². The van der Waals surface area contributed by atoms with Crippen molar-refractivity contribution < 1.29 is 8.42 Å². The highest BCUT2D eigenvalue weighted by atomic mass is 32.2. The topological polar surface area (TPSA) is 106 Å². The quantitative estimate of drug-likeness (QED) is 0.748. The lowest BCUT2D eigenvalue weighted by Gasteiger charge is -2.22. The summed E-state index contributed by atoms with van der Waals surface area (Å²) in [5.74, 6) is 0.660. The summed E-state index contributed by atoms with van der Waals surface area (Å²) in [6.45, 7) is 0.768. The molecule has 3 aromatic rings. The molecule has 0 amide bonds. The van der Waals surface area contributed by atoms with Gasteiger partial charge in [-0.05, 0) is 25.0 Å². The number of hydrogen-bond donors (Lipinski definition) is 2. The van der Waals surface area contributed by atoms with E-state index < -0.39 is 10.0 Å². The van der Waals surface area contributed by atoms with Crippen LogP contribution in [0.15, 0.2) is 35.7 Å². The van der Waals surface area contributed by atoms with Crippen LogP contribution in [0, 0.1) is 0 Å². The van der Waals surface area contributed by atoms with Crippen molar-refractivity contribution in [3.63, 3.8) is 0 Å². The molecule has 0 bridgehead atoms. The van der Waals surface area contributed by atoms with Gasteiger partial charge in [0.1, 0.15) is 22.7 Å². The van der Waals surface area contributed by atoms with Crippen molar-refractivity contribution in [2.24, 2.45) is 0 Å². The normalized spacial score (nSPS) is 18.5. The van der Waals surface area contributed by atoms with Gasteiger partial charge in [0.15, 0.2) is 0 Å². The molecule has 0 saturated carbocycles. The van der Waals surface area contributed by atoms with E-state index in [0.717, 1.165) is 13.0 Å². The number of fused-ring (bicyclic) bond motifs is 2. The maximum Gasteiger partial charge on any atom is 0.243 e. The number of H-pyrrole nitrogens is 1. The van der Waals surface area contributed by atoms with Gasteiger partial charge in [0.05, 0.1) is 6.04 Å². The second-order valence-corrected chi connectivity index (χ2v) is 6.89. The van der Waals surface area contributed by atoms with Gasteiger partial charge >= 0.3 is 0 Å². The zero-order valence-corrected chi connectivity index (χ0v) is 12.4. The van der Waals surface area contributed by atoms with Crippen LogP contribution < -0.4 is 4.72 Å². The van der Waals surface area contributed by atoms with Crippen LogP contribution in [0.2, 0.25) is 0 Å². The third kappa shape index (κ3) is 2.09. The number of nitrogens with one attached hydrogen (secondary N) is 2. The van der Waals surface area contributed by atoms with E-state index in [4.69, 9.17) is 0 Å². The van der Waals surface area contributed by atoms with Crippen LogP contribution >= 0.6 is 0 Å². The number of aryl methyl sites for hydroxylation is 1. The number of pyridine rings is 1. The van der Waals surface area contributed by atoms with Gasteiger partial charge in [-0.2, -0.15) is 5.10 Å². The van der Waals surface area contributed by atoms with Crippen molar-refractivity contribution >= 4 is 21.1 Å². The summed E-state index contributed by atoms with van der Waals surface area (Å²) in [4.78, 5) is 11.4. The average Bonchev–Trinajstić information content (AvgIpc) is 3.14. The summed E-state index contributed by atoms with van der Waals surface area (Å²) in [6, 6.07) is 3.09. The highest BCUT2D eigenvalue weighted by molar-refractivity contribution is 7.89. The molecule has 9 heteroatoms. The van der Waals surface area contributed by atoms with Crippen molar-refractivity contribution in [3.8, 4) is 0 Å². The first kappa shape index (κ1) is 13.4. The van der Waals surface area contributed by atoms with Crippen molar-refractivity contribution in [1.82, 2.24) is 29.5 Å². The van der Waals surface area contributed by atoms with E-state index in [9.17, 15) is 8.42 Å². The number of aromatic nitrogens is 5. The van der Waals surface area contributed by atoms with Gasteiger partial charge in [-0.3, -0.25) is 0 Å². The monoisotopic (exact) mass is 318 g/mol. The summed E-state index contributed by atoms with van der Waals surface area (Å²) in [5, 5.41) is 4.68. The van der Waals surface area contributed by atoms with Crippen molar-refractivity contribution in [1.29, 1.82) is 0 Å². The first-order valence-electron chi connectivity index (χ1n) is 6.97. The second kappa shape index (κ2) is 4.89. The molecule has 0 spiro atoms. The van der Waals surface area contributed by atoms with Gasteiger partial charge in [-0.1, -0.05) is 0 Å². The molecule has 114 valence electrons. The Morgan fingerprint density at radius 1 is 1.36 bits per heavy atom. The molecule has 0 aliphatic carbocycles. The standard InChI is InChI=1S/C13H14N6O2S/c20-22(21,11-7-15-12-9(11)3-1-5-14-12)18-10-4-2-6-19-13(10)16-8-17-19/h1,3,5,7-8,10,18H,2,4,6H2,(H,14,15). The Balaban J connectivity index is 1.71. The fourth-order valence-electron chi connectivity index (χ4n) is 2.81. The lowest BCUT2D eigenvalue weighted by molar-refractivity contribution is 0.400. The van der Waals surface area contributed by atoms with Gasteiger partial charge < -0.3 is 4.98 Å². The third-order valence-corrected chi connectivity index (χ3v) is 5.33. The smallest absolute Gasteiger partial charge is 0.243 e. The molecule has 1 aliphatic rings. The summed E-state index contributed by atoms with van der Waals surface area (Å²) < 4.78 is 29.9. The van der Waals surface area contributed by atoms with Crippen molar-refractivity contribution in [2.75, 3.05) is 0 Å². The van der Waals surface area contributed by atoms with Crippen molar-refractivity contribution in [2.45, 2.75) is 30.3 Å². The van der Waals surface area contributed by atoms with Gasteiger partial charge in [-0.25, -0.2) is 27.8 Å². The van der Waals surface area contributed by atoms with E-state index in [1.54, 1.807) is 23.0 Å². The lowest BCUT2D eigenvalue weighted by Crippen LogP contribution is -2.33. The molecule has 1 atom stereocenters. The number of hydrogen-bond acceptors (Lipinski definition) is 5. The molecule has 4 heterocycles. The summed E-state index contributed by atoms with van der Waals surface area (Å²) >= 11 is 0. The van der Waals surface area contributed by atoms with Gasteiger partial charge in [-0.15, -0.1) is 0 Å². The molecule has 2 N–H and O–H groups in total. The third-order valence-electron chi connectivity index (χ3n) is 3.82. The number of nitrogens with zero attached hydrogens (tertiary/aromatic N) is 4. The lowest BCUT2D eigenvalue weighted by atomic mass is 10.1. The maximum atomic E-state index is 12.7. The molecule has 0 radical (unpaired) electrons. The Morgan fingerprint density at radius 2 is 2.27 bits per heavy atom.